The Bertz CT molecular complexity index is 1180. The number of aryl methyl sites for hydroxylation is 2. The summed E-state index contributed by atoms with van der Waals surface area (Å²) in [4.78, 5) is 12.4. The van der Waals surface area contributed by atoms with Gasteiger partial charge in [-0.3, -0.25) is 4.79 Å². The molecule has 0 N–H and O–H groups in total. The van der Waals surface area contributed by atoms with Crippen LogP contribution < -0.4 is 5.43 Å². The maximum absolute atomic E-state index is 13.8. The monoisotopic (exact) mass is 405 g/mol. The average Bonchev–Trinajstić information content (AvgIpc) is 2.69. The van der Waals surface area contributed by atoms with E-state index in [9.17, 15) is 22.0 Å². The van der Waals surface area contributed by atoms with Crippen molar-refractivity contribution < 1.29 is 17.2 Å². The van der Waals surface area contributed by atoms with Crippen LogP contribution in [0.5, 0.6) is 0 Å². The Hall–Kier alpha value is -2.54. The number of pyridine rings is 1. The van der Waals surface area contributed by atoms with Crippen molar-refractivity contribution in [2.45, 2.75) is 49.4 Å². The van der Waals surface area contributed by atoms with E-state index in [0.29, 0.717) is 13.0 Å². The third-order valence-corrected chi connectivity index (χ3v) is 6.54. The summed E-state index contributed by atoms with van der Waals surface area (Å²) >= 11 is 0. The SMILES string of the molecule is CCCCn1cc(S(=O)(=O)c2ccc(CC)cc2)c(=O)c2cc(F)c(F)cc21. The highest BCUT2D eigenvalue weighted by atomic mass is 32.2. The molecule has 0 fully saturated rings. The van der Waals surface area contributed by atoms with Gasteiger partial charge in [-0.05, 0) is 36.6 Å². The predicted octanol–water partition coefficient (Wildman–Crippen LogP) is 4.48. The maximum atomic E-state index is 13.8. The zero-order chi connectivity index (χ0) is 20.5. The number of unbranched alkanes of at least 4 members (excludes halogenated alkanes) is 1. The minimum Gasteiger partial charge on any atom is -0.346 e. The fourth-order valence-electron chi connectivity index (χ4n) is 3.09. The molecule has 0 amide bonds. The van der Waals surface area contributed by atoms with Gasteiger partial charge in [0.15, 0.2) is 11.6 Å². The second kappa shape index (κ2) is 7.83. The van der Waals surface area contributed by atoms with Crippen molar-refractivity contribution in [2.24, 2.45) is 0 Å². The first-order valence-corrected chi connectivity index (χ1v) is 10.6. The van der Waals surface area contributed by atoms with Crippen LogP contribution in [0.15, 0.2) is 57.2 Å². The molecule has 2 aromatic carbocycles. The molecular weight excluding hydrogens is 384 g/mol. The van der Waals surface area contributed by atoms with Crippen molar-refractivity contribution in [2.75, 3.05) is 0 Å². The molecule has 1 aromatic heterocycles. The molecule has 0 bridgehead atoms. The normalized spacial score (nSPS) is 11.9. The molecule has 0 unspecified atom stereocenters. The Morgan fingerprint density at radius 3 is 2.25 bits per heavy atom. The Morgan fingerprint density at radius 2 is 1.64 bits per heavy atom. The minimum absolute atomic E-state index is 0.00854. The molecule has 148 valence electrons. The molecule has 0 aliphatic heterocycles. The van der Waals surface area contributed by atoms with Gasteiger partial charge in [-0.1, -0.05) is 32.4 Å². The van der Waals surface area contributed by atoms with Crippen molar-refractivity contribution in [3.63, 3.8) is 0 Å². The van der Waals surface area contributed by atoms with Crippen LogP contribution in [-0.4, -0.2) is 13.0 Å². The molecule has 0 saturated carbocycles. The van der Waals surface area contributed by atoms with Crippen molar-refractivity contribution >= 4 is 20.7 Å². The number of sulfone groups is 1. The lowest BCUT2D eigenvalue weighted by atomic mass is 10.2. The van der Waals surface area contributed by atoms with E-state index in [1.54, 1.807) is 12.1 Å². The second-order valence-corrected chi connectivity index (χ2v) is 8.57. The lowest BCUT2D eigenvalue weighted by Gasteiger charge is -2.14. The molecule has 0 radical (unpaired) electrons. The zero-order valence-electron chi connectivity index (χ0n) is 15.7. The Balaban J connectivity index is 2.28. The van der Waals surface area contributed by atoms with Gasteiger partial charge in [0, 0.05) is 18.8 Å². The fraction of sp³-hybridized carbons (Fsp3) is 0.286. The van der Waals surface area contributed by atoms with Crippen LogP contribution in [0.1, 0.15) is 32.3 Å². The Labute approximate surface area is 162 Å². The minimum atomic E-state index is -4.11. The highest BCUT2D eigenvalue weighted by Crippen LogP contribution is 2.23. The predicted molar refractivity (Wildman–Crippen MR) is 104 cm³/mol. The second-order valence-electron chi connectivity index (χ2n) is 6.65. The molecule has 0 aliphatic carbocycles. The van der Waals surface area contributed by atoms with Crippen LogP contribution in [0, 0.1) is 11.6 Å². The molecule has 0 aliphatic rings. The summed E-state index contributed by atoms with van der Waals surface area (Å²) in [6.07, 6.45) is 3.51. The van der Waals surface area contributed by atoms with E-state index in [1.807, 2.05) is 13.8 Å². The van der Waals surface area contributed by atoms with Crippen LogP contribution in [0.2, 0.25) is 0 Å². The van der Waals surface area contributed by atoms with Gasteiger partial charge in [-0.25, -0.2) is 17.2 Å². The average molecular weight is 405 g/mol. The quantitative estimate of drug-likeness (QED) is 0.608. The molecule has 4 nitrogen and oxygen atoms in total. The highest BCUT2D eigenvalue weighted by Gasteiger charge is 2.24. The summed E-state index contributed by atoms with van der Waals surface area (Å²) < 4.78 is 55.2. The zero-order valence-corrected chi connectivity index (χ0v) is 16.5. The van der Waals surface area contributed by atoms with Gasteiger partial charge < -0.3 is 4.57 Å². The highest BCUT2D eigenvalue weighted by molar-refractivity contribution is 7.91. The van der Waals surface area contributed by atoms with E-state index in [-0.39, 0.29) is 15.8 Å². The largest absolute Gasteiger partial charge is 0.346 e. The Kier molecular flexibility index (Phi) is 5.65. The molecule has 0 saturated heterocycles. The van der Waals surface area contributed by atoms with E-state index in [2.05, 4.69) is 0 Å². The first-order chi connectivity index (χ1) is 13.3. The third-order valence-electron chi connectivity index (χ3n) is 4.77. The van der Waals surface area contributed by atoms with Crippen molar-refractivity contribution in [1.29, 1.82) is 0 Å². The standard InChI is InChI=1S/C21H21F2NO3S/c1-3-5-10-24-13-20(21(25)16-11-17(22)18(23)12-19(16)24)28(26,27)15-8-6-14(4-2)7-9-15/h6-9,11-13H,3-5,10H2,1-2H3. The van der Waals surface area contributed by atoms with Gasteiger partial charge in [0.25, 0.3) is 0 Å². The summed E-state index contributed by atoms with van der Waals surface area (Å²) in [5.41, 5.74) is 0.314. The lowest BCUT2D eigenvalue weighted by molar-refractivity contribution is 0.509. The summed E-state index contributed by atoms with van der Waals surface area (Å²) in [5.74, 6) is -2.27. The van der Waals surface area contributed by atoms with Gasteiger partial charge in [0.05, 0.1) is 15.8 Å². The van der Waals surface area contributed by atoms with E-state index in [4.69, 9.17) is 0 Å². The molecule has 0 spiro atoms. The number of benzene rings is 2. The number of rotatable bonds is 6. The van der Waals surface area contributed by atoms with E-state index in [1.165, 1.54) is 22.9 Å². The number of hydrogen-bond acceptors (Lipinski definition) is 3. The van der Waals surface area contributed by atoms with Crippen LogP contribution in [0.25, 0.3) is 10.9 Å². The molecule has 3 rings (SSSR count). The van der Waals surface area contributed by atoms with Gasteiger partial charge in [0.1, 0.15) is 4.90 Å². The van der Waals surface area contributed by atoms with Crippen LogP contribution in [-0.2, 0) is 22.8 Å². The van der Waals surface area contributed by atoms with E-state index < -0.39 is 31.8 Å². The summed E-state index contributed by atoms with van der Waals surface area (Å²) in [5, 5.41) is -0.152. The van der Waals surface area contributed by atoms with Crippen LogP contribution in [0.3, 0.4) is 0 Å². The number of halogens is 2. The molecule has 7 heteroatoms. The molecule has 0 atom stereocenters. The summed E-state index contributed by atoms with van der Waals surface area (Å²) in [7, 11) is -4.11. The van der Waals surface area contributed by atoms with Crippen molar-refractivity contribution in [3.8, 4) is 0 Å². The van der Waals surface area contributed by atoms with Gasteiger partial charge in [0.2, 0.25) is 15.3 Å². The number of fused-ring (bicyclic) bond motifs is 1. The summed E-state index contributed by atoms with van der Waals surface area (Å²) in [6.45, 7) is 4.29. The first kappa shape index (κ1) is 20.2. The number of nitrogens with zero attached hydrogens (tertiary/aromatic N) is 1. The van der Waals surface area contributed by atoms with E-state index >= 15 is 0 Å². The summed E-state index contributed by atoms with van der Waals surface area (Å²) in [6, 6.07) is 8.01. The molecule has 1 heterocycles. The molecule has 28 heavy (non-hydrogen) atoms. The molecule has 3 aromatic rings. The number of aromatic nitrogens is 1. The van der Waals surface area contributed by atoms with Crippen LogP contribution >= 0.6 is 0 Å². The van der Waals surface area contributed by atoms with Gasteiger partial charge in [-0.2, -0.15) is 0 Å². The molecular formula is C21H21F2NO3S. The topological polar surface area (TPSA) is 56.1 Å². The maximum Gasteiger partial charge on any atom is 0.211 e. The van der Waals surface area contributed by atoms with Gasteiger partial charge in [-0.15, -0.1) is 0 Å². The van der Waals surface area contributed by atoms with Crippen molar-refractivity contribution in [1.82, 2.24) is 4.57 Å². The number of hydrogen-bond donors (Lipinski definition) is 0. The third kappa shape index (κ3) is 3.58. The van der Waals surface area contributed by atoms with E-state index in [0.717, 1.165) is 30.5 Å². The Morgan fingerprint density at radius 1 is 1.00 bits per heavy atom. The van der Waals surface area contributed by atoms with Crippen molar-refractivity contribution in [3.05, 3.63) is 70.0 Å². The fourth-order valence-corrected chi connectivity index (χ4v) is 4.46. The van der Waals surface area contributed by atoms with Gasteiger partial charge >= 0.3 is 0 Å². The smallest absolute Gasteiger partial charge is 0.211 e. The first-order valence-electron chi connectivity index (χ1n) is 9.15. The lowest BCUT2D eigenvalue weighted by Crippen LogP contribution is -2.20. The van der Waals surface area contributed by atoms with Crippen LogP contribution in [0.4, 0.5) is 8.78 Å².